The number of nitrogens with zero attached hydrogens (tertiary/aromatic N) is 3. The SMILES string of the molecule is CC1(C)[C@]2(C(=O)N(CC#N)CC#N)CC[C@@]1(C)C(=O)C2=O. The number of rotatable bonds is 3. The molecule has 2 fully saturated rings. The fraction of sp³-hybridized carbons (Fsp3) is 0.667. The molecule has 0 aromatic heterocycles. The van der Waals surface area contributed by atoms with Crippen molar-refractivity contribution in [1.82, 2.24) is 4.90 Å². The maximum absolute atomic E-state index is 12.9. The van der Waals surface area contributed by atoms with Crippen molar-refractivity contribution in [3.05, 3.63) is 0 Å². The summed E-state index contributed by atoms with van der Waals surface area (Å²) in [5.41, 5.74) is -3.08. The van der Waals surface area contributed by atoms with E-state index in [1.165, 1.54) is 0 Å². The quantitative estimate of drug-likeness (QED) is 0.434. The van der Waals surface area contributed by atoms with E-state index in [4.69, 9.17) is 10.5 Å². The van der Waals surface area contributed by atoms with Crippen LogP contribution in [-0.2, 0) is 14.4 Å². The molecule has 2 rings (SSSR count). The largest absolute Gasteiger partial charge is 0.315 e. The third-order valence-electron chi connectivity index (χ3n) is 5.72. The topological polar surface area (TPSA) is 102 Å². The van der Waals surface area contributed by atoms with E-state index in [9.17, 15) is 14.4 Å². The van der Waals surface area contributed by atoms with Gasteiger partial charge in [-0.15, -0.1) is 0 Å². The number of hydrogen-bond acceptors (Lipinski definition) is 5. The van der Waals surface area contributed by atoms with Crippen LogP contribution in [0, 0.1) is 38.9 Å². The van der Waals surface area contributed by atoms with Crippen LogP contribution in [0.5, 0.6) is 0 Å². The molecule has 6 heteroatoms. The Balaban J connectivity index is 2.54. The van der Waals surface area contributed by atoms with E-state index in [1.807, 2.05) is 12.1 Å². The van der Waals surface area contributed by atoms with Crippen LogP contribution >= 0.6 is 0 Å². The molecule has 6 nitrogen and oxygen atoms in total. The molecule has 2 aliphatic carbocycles. The Morgan fingerprint density at radius 1 is 1.10 bits per heavy atom. The molecular formula is C15H17N3O3. The standard InChI is InChI=1S/C15H17N3O3/c1-13(2)14(3)4-5-15(13,11(20)10(14)19)12(21)18(8-6-16)9-7-17/h4-5,8-9H2,1-3H3/t14-,15+/m0/s1. The zero-order chi connectivity index (χ0) is 16.1. The molecule has 0 aliphatic heterocycles. The molecule has 0 saturated heterocycles. The number of hydrogen-bond donors (Lipinski definition) is 0. The van der Waals surface area contributed by atoms with Gasteiger partial charge in [0.05, 0.1) is 12.1 Å². The first-order chi connectivity index (χ1) is 9.70. The lowest BCUT2D eigenvalue weighted by Crippen LogP contribution is -2.52. The van der Waals surface area contributed by atoms with Gasteiger partial charge in [-0.25, -0.2) is 0 Å². The van der Waals surface area contributed by atoms with Gasteiger partial charge in [-0.1, -0.05) is 20.8 Å². The molecule has 0 spiro atoms. The van der Waals surface area contributed by atoms with Gasteiger partial charge in [0, 0.05) is 5.41 Å². The van der Waals surface area contributed by atoms with Gasteiger partial charge in [0.15, 0.2) is 0 Å². The van der Waals surface area contributed by atoms with Crippen molar-refractivity contribution in [2.24, 2.45) is 16.2 Å². The first kappa shape index (κ1) is 15.2. The van der Waals surface area contributed by atoms with Crippen molar-refractivity contribution < 1.29 is 14.4 Å². The Morgan fingerprint density at radius 2 is 1.62 bits per heavy atom. The van der Waals surface area contributed by atoms with Gasteiger partial charge in [-0.05, 0) is 18.3 Å². The number of amides is 1. The highest BCUT2D eigenvalue weighted by molar-refractivity contribution is 6.48. The van der Waals surface area contributed by atoms with Crippen molar-refractivity contribution in [3.63, 3.8) is 0 Å². The number of ketones is 2. The van der Waals surface area contributed by atoms with Gasteiger partial charge in [0.25, 0.3) is 0 Å². The van der Waals surface area contributed by atoms with Crippen molar-refractivity contribution in [2.75, 3.05) is 13.1 Å². The molecule has 2 atom stereocenters. The fourth-order valence-corrected chi connectivity index (χ4v) is 3.88. The molecule has 0 heterocycles. The molecule has 0 radical (unpaired) electrons. The average Bonchev–Trinajstić information content (AvgIpc) is 2.70. The number of fused-ring (bicyclic) bond motifs is 2. The minimum absolute atomic E-state index is 0.261. The molecule has 21 heavy (non-hydrogen) atoms. The van der Waals surface area contributed by atoms with Crippen molar-refractivity contribution in [1.29, 1.82) is 10.5 Å². The van der Waals surface area contributed by atoms with Crippen molar-refractivity contribution in [3.8, 4) is 12.1 Å². The summed E-state index contributed by atoms with van der Waals surface area (Å²) in [4.78, 5) is 38.7. The van der Waals surface area contributed by atoms with Crippen molar-refractivity contribution in [2.45, 2.75) is 33.6 Å². The summed E-state index contributed by atoms with van der Waals surface area (Å²) in [6, 6.07) is 3.67. The Morgan fingerprint density at radius 3 is 2.00 bits per heavy atom. The average molecular weight is 287 g/mol. The van der Waals surface area contributed by atoms with Gasteiger partial charge in [0.2, 0.25) is 17.5 Å². The molecule has 0 aromatic carbocycles. The van der Waals surface area contributed by atoms with E-state index in [2.05, 4.69) is 0 Å². The van der Waals surface area contributed by atoms with Gasteiger partial charge in [-0.2, -0.15) is 10.5 Å². The summed E-state index contributed by atoms with van der Waals surface area (Å²) < 4.78 is 0. The van der Waals surface area contributed by atoms with Gasteiger partial charge in [-0.3, -0.25) is 14.4 Å². The van der Waals surface area contributed by atoms with Crippen LogP contribution in [0.1, 0.15) is 33.6 Å². The second-order valence-corrected chi connectivity index (χ2v) is 6.50. The van der Waals surface area contributed by atoms with Crippen LogP contribution in [0.25, 0.3) is 0 Å². The number of carbonyl (C=O) groups is 3. The van der Waals surface area contributed by atoms with E-state index >= 15 is 0 Å². The molecule has 2 aliphatic rings. The molecule has 2 bridgehead atoms. The lowest BCUT2D eigenvalue weighted by atomic mass is 9.64. The molecule has 110 valence electrons. The van der Waals surface area contributed by atoms with Gasteiger partial charge < -0.3 is 4.90 Å². The third-order valence-corrected chi connectivity index (χ3v) is 5.72. The summed E-state index contributed by atoms with van der Waals surface area (Å²) in [5.74, 6) is -1.72. The molecule has 2 saturated carbocycles. The van der Waals surface area contributed by atoms with E-state index in [-0.39, 0.29) is 13.1 Å². The van der Waals surface area contributed by atoms with Crippen molar-refractivity contribution >= 4 is 17.5 Å². The first-order valence-electron chi connectivity index (χ1n) is 6.83. The number of nitriles is 2. The molecule has 1 amide bonds. The van der Waals surface area contributed by atoms with Crippen LogP contribution in [-0.4, -0.2) is 35.5 Å². The summed E-state index contributed by atoms with van der Waals surface area (Å²) in [7, 11) is 0. The maximum Gasteiger partial charge on any atom is 0.239 e. The van der Waals surface area contributed by atoms with E-state index < -0.39 is 33.7 Å². The Labute approximate surface area is 123 Å². The molecule has 0 unspecified atom stereocenters. The molecule has 0 N–H and O–H groups in total. The van der Waals surface area contributed by atoms with Crippen LogP contribution < -0.4 is 0 Å². The Hall–Kier alpha value is -2.21. The minimum atomic E-state index is -1.42. The van der Waals surface area contributed by atoms with Crippen LogP contribution in [0.15, 0.2) is 0 Å². The number of Topliss-reactive ketones (excluding diaryl/α,β-unsaturated/α-hetero) is 2. The molecule has 0 aromatic rings. The third kappa shape index (κ3) is 1.48. The predicted octanol–water partition coefficient (Wildman–Crippen LogP) is 0.827. The summed E-state index contributed by atoms with van der Waals surface area (Å²) in [6.45, 7) is 4.73. The lowest BCUT2D eigenvalue weighted by Gasteiger charge is -2.39. The zero-order valence-corrected chi connectivity index (χ0v) is 12.4. The normalized spacial score (nSPS) is 32.6. The van der Waals surface area contributed by atoms with E-state index in [1.54, 1.807) is 20.8 Å². The van der Waals surface area contributed by atoms with Crippen LogP contribution in [0.2, 0.25) is 0 Å². The zero-order valence-electron chi connectivity index (χ0n) is 12.4. The molecular weight excluding hydrogens is 270 g/mol. The summed E-state index contributed by atoms with van der Waals surface area (Å²) in [6.07, 6.45) is 0.774. The second-order valence-electron chi connectivity index (χ2n) is 6.50. The summed E-state index contributed by atoms with van der Waals surface area (Å²) >= 11 is 0. The lowest BCUT2D eigenvalue weighted by molar-refractivity contribution is -0.154. The first-order valence-corrected chi connectivity index (χ1v) is 6.83. The van der Waals surface area contributed by atoms with Crippen LogP contribution in [0.4, 0.5) is 0 Å². The van der Waals surface area contributed by atoms with Gasteiger partial charge in [0.1, 0.15) is 18.5 Å². The highest BCUT2D eigenvalue weighted by atomic mass is 16.2. The highest BCUT2D eigenvalue weighted by Gasteiger charge is 2.78. The monoisotopic (exact) mass is 287 g/mol. The van der Waals surface area contributed by atoms with Crippen LogP contribution in [0.3, 0.4) is 0 Å². The maximum atomic E-state index is 12.9. The highest BCUT2D eigenvalue weighted by Crippen LogP contribution is 2.69. The second kappa shape index (κ2) is 4.39. The smallest absolute Gasteiger partial charge is 0.239 e. The Kier molecular flexibility index (Phi) is 3.18. The van der Waals surface area contributed by atoms with E-state index in [0.29, 0.717) is 12.8 Å². The fourth-order valence-electron chi connectivity index (χ4n) is 3.88. The number of carbonyl (C=O) groups excluding carboxylic acids is 3. The minimum Gasteiger partial charge on any atom is -0.315 e. The summed E-state index contributed by atoms with van der Waals surface area (Å²) in [5, 5.41) is 17.6. The predicted molar refractivity (Wildman–Crippen MR) is 71.4 cm³/mol. The van der Waals surface area contributed by atoms with E-state index in [0.717, 1.165) is 4.90 Å². The van der Waals surface area contributed by atoms with Gasteiger partial charge >= 0.3 is 0 Å². The Bertz CT molecular complexity index is 609.